The van der Waals surface area contributed by atoms with Crippen LogP contribution in [0.4, 0.5) is 0 Å². The Bertz CT molecular complexity index is 1540. The Kier molecular flexibility index (Phi) is 9.51. The molecule has 1 aromatic heterocycles. The number of nitrogens with one attached hydrogen (secondary N) is 1. The highest BCUT2D eigenvalue weighted by atomic mass is 28.3. The first-order valence-electron chi connectivity index (χ1n) is 14.5. The number of pyridine rings is 1. The highest BCUT2D eigenvalue weighted by Gasteiger charge is 2.35. The average Bonchev–Trinajstić information content (AvgIpc) is 3.02. The fraction of sp³-hybridized carbons (Fsp3) is 0.216. The molecular weight excluding hydrogens is 533 g/mol. The molecule has 212 valence electrons. The number of hydrogen-bond acceptors (Lipinski definition) is 4. The summed E-state index contributed by atoms with van der Waals surface area (Å²) in [5.41, 5.74) is 8.18. The minimum atomic E-state index is -1.44. The number of benzene rings is 4. The monoisotopic (exact) mass is 570 g/mol. The van der Waals surface area contributed by atoms with E-state index in [4.69, 9.17) is 14.5 Å². The first-order valence-corrected chi connectivity index (χ1v) is 18.0. The van der Waals surface area contributed by atoms with Crippen molar-refractivity contribution in [3.63, 3.8) is 0 Å². The molecule has 1 heterocycles. The summed E-state index contributed by atoms with van der Waals surface area (Å²) in [5, 5.41) is 4.89. The molecule has 42 heavy (non-hydrogen) atoms. The highest BCUT2D eigenvalue weighted by molar-refractivity contribution is 6.83. The van der Waals surface area contributed by atoms with Gasteiger partial charge in [0.2, 0.25) is 0 Å². The van der Waals surface area contributed by atoms with Gasteiger partial charge in [0, 0.05) is 11.9 Å². The summed E-state index contributed by atoms with van der Waals surface area (Å²) in [5.74, 6) is 4.04. The van der Waals surface area contributed by atoms with Crippen LogP contribution < -0.4 is 10.1 Å². The van der Waals surface area contributed by atoms with Gasteiger partial charge >= 0.3 is 0 Å². The lowest BCUT2D eigenvalue weighted by Gasteiger charge is -2.37. The number of aromatic nitrogens is 1. The quantitative estimate of drug-likeness (QED) is 0.0776. The lowest BCUT2D eigenvalue weighted by atomic mass is 9.77. The second-order valence-corrected chi connectivity index (χ2v) is 16.0. The topological polar surface area (TPSA) is 43.4 Å². The summed E-state index contributed by atoms with van der Waals surface area (Å²) in [7, 11) is -1.44. The minimum Gasteiger partial charge on any atom is -0.491 e. The standard InChI is InChI=1S/C37H38N2O2Si/c1-42(2,3)28-23-34-20-19-30-29-35(21-22-36(30)39-34)41-27-26-40-25-24-38-37(31-13-7-4-8-14-31,32-15-9-5-10-16-32)33-17-11-6-12-18-33/h4-22,29,38H,24-27H2,1-3H3. The van der Waals surface area contributed by atoms with E-state index in [2.05, 4.69) is 133 Å². The van der Waals surface area contributed by atoms with Crippen LogP contribution in [-0.4, -0.2) is 39.4 Å². The van der Waals surface area contributed by atoms with Gasteiger partial charge in [-0.3, -0.25) is 5.32 Å². The van der Waals surface area contributed by atoms with E-state index >= 15 is 0 Å². The van der Waals surface area contributed by atoms with Gasteiger partial charge < -0.3 is 9.47 Å². The van der Waals surface area contributed by atoms with Crippen molar-refractivity contribution in [3.05, 3.63) is 144 Å². The third-order valence-electron chi connectivity index (χ3n) is 6.98. The molecule has 0 bridgehead atoms. The first kappa shape index (κ1) is 29.3. The molecule has 5 aromatic rings. The smallest absolute Gasteiger partial charge is 0.129 e. The Morgan fingerprint density at radius 3 is 1.86 bits per heavy atom. The zero-order valence-electron chi connectivity index (χ0n) is 24.6. The predicted octanol–water partition coefficient (Wildman–Crippen LogP) is 7.44. The number of ether oxygens (including phenoxy) is 2. The van der Waals surface area contributed by atoms with E-state index in [0.717, 1.165) is 22.3 Å². The average molecular weight is 571 g/mol. The van der Waals surface area contributed by atoms with Gasteiger partial charge in [-0.1, -0.05) is 117 Å². The molecule has 0 amide bonds. The van der Waals surface area contributed by atoms with E-state index in [1.54, 1.807) is 0 Å². The summed E-state index contributed by atoms with van der Waals surface area (Å²) in [4.78, 5) is 4.70. The van der Waals surface area contributed by atoms with E-state index in [0.29, 0.717) is 26.4 Å². The van der Waals surface area contributed by atoms with Crippen molar-refractivity contribution in [1.82, 2.24) is 10.3 Å². The van der Waals surface area contributed by atoms with E-state index in [1.807, 2.05) is 24.3 Å². The lowest BCUT2D eigenvalue weighted by Crippen LogP contribution is -2.46. The molecular formula is C37H38N2O2Si. The van der Waals surface area contributed by atoms with Crippen molar-refractivity contribution in [3.8, 4) is 17.2 Å². The molecule has 0 aliphatic carbocycles. The van der Waals surface area contributed by atoms with Crippen LogP contribution in [0.3, 0.4) is 0 Å². The molecule has 4 nitrogen and oxygen atoms in total. The molecule has 5 rings (SSSR count). The summed E-state index contributed by atoms with van der Waals surface area (Å²) < 4.78 is 12.0. The molecule has 0 aliphatic rings. The largest absolute Gasteiger partial charge is 0.491 e. The van der Waals surface area contributed by atoms with Crippen LogP contribution in [-0.2, 0) is 10.3 Å². The van der Waals surface area contributed by atoms with Crippen LogP contribution in [0.25, 0.3) is 10.9 Å². The van der Waals surface area contributed by atoms with Crippen LogP contribution in [0.2, 0.25) is 19.6 Å². The summed E-state index contributed by atoms with van der Waals surface area (Å²) in [6.07, 6.45) is 0. The second-order valence-electron chi connectivity index (χ2n) is 11.3. The Morgan fingerprint density at radius 1 is 0.690 bits per heavy atom. The van der Waals surface area contributed by atoms with Gasteiger partial charge in [-0.15, -0.1) is 5.54 Å². The molecule has 5 heteroatoms. The fourth-order valence-electron chi connectivity index (χ4n) is 5.02. The van der Waals surface area contributed by atoms with Gasteiger partial charge in [-0.2, -0.15) is 0 Å². The van der Waals surface area contributed by atoms with Crippen LogP contribution in [0.5, 0.6) is 5.75 Å². The SMILES string of the molecule is C[Si](C)(C)C#Cc1ccc2cc(OCCOCCNC(c3ccccc3)(c3ccccc3)c3ccccc3)ccc2n1. The van der Waals surface area contributed by atoms with Crippen molar-refractivity contribution < 1.29 is 9.47 Å². The van der Waals surface area contributed by atoms with Crippen molar-refractivity contribution in [2.75, 3.05) is 26.4 Å². The Balaban J connectivity index is 1.19. The molecule has 1 N–H and O–H groups in total. The van der Waals surface area contributed by atoms with Crippen molar-refractivity contribution in [1.29, 1.82) is 0 Å². The fourth-order valence-corrected chi connectivity index (χ4v) is 5.52. The van der Waals surface area contributed by atoms with Crippen LogP contribution >= 0.6 is 0 Å². The molecule has 0 atom stereocenters. The summed E-state index contributed by atoms with van der Waals surface area (Å²) in [6.45, 7) is 8.90. The van der Waals surface area contributed by atoms with Crippen molar-refractivity contribution in [2.24, 2.45) is 0 Å². The number of nitrogens with zero attached hydrogens (tertiary/aromatic N) is 1. The molecule has 0 aliphatic heterocycles. The molecule has 0 fully saturated rings. The summed E-state index contributed by atoms with van der Waals surface area (Å²) in [6, 6.07) is 41.8. The Labute approximate surface area is 250 Å². The summed E-state index contributed by atoms with van der Waals surface area (Å²) >= 11 is 0. The third kappa shape index (κ3) is 7.34. The highest BCUT2D eigenvalue weighted by Crippen LogP contribution is 2.36. The molecule has 4 aromatic carbocycles. The second kappa shape index (κ2) is 13.6. The van der Waals surface area contributed by atoms with Crippen LogP contribution in [0.15, 0.2) is 121 Å². The molecule has 0 unspecified atom stereocenters. The maximum atomic E-state index is 6.00. The molecule has 0 saturated carbocycles. The Morgan fingerprint density at radius 2 is 1.29 bits per heavy atom. The minimum absolute atomic E-state index is 0.472. The van der Waals surface area contributed by atoms with Gasteiger partial charge in [-0.05, 0) is 47.0 Å². The lowest BCUT2D eigenvalue weighted by molar-refractivity contribution is 0.0992. The van der Waals surface area contributed by atoms with Crippen LogP contribution in [0, 0.1) is 11.5 Å². The van der Waals surface area contributed by atoms with Gasteiger partial charge in [0.05, 0.1) is 24.3 Å². The predicted molar refractivity (Wildman–Crippen MR) is 175 cm³/mol. The van der Waals surface area contributed by atoms with Gasteiger partial charge in [0.25, 0.3) is 0 Å². The molecule has 0 radical (unpaired) electrons. The van der Waals surface area contributed by atoms with Gasteiger partial charge in [-0.25, -0.2) is 4.98 Å². The number of rotatable bonds is 11. The zero-order chi connectivity index (χ0) is 29.3. The normalized spacial score (nSPS) is 11.6. The van der Waals surface area contributed by atoms with Crippen LogP contribution in [0.1, 0.15) is 22.4 Å². The van der Waals surface area contributed by atoms with E-state index in [1.165, 1.54) is 16.7 Å². The molecule has 0 saturated heterocycles. The van der Waals surface area contributed by atoms with E-state index in [-0.39, 0.29) is 0 Å². The third-order valence-corrected chi connectivity index (χ3v) is 7.85. The van der Waals surface area contributed by atoms with Crippen molar-refractivity contribution in [2.45, 2.75) is 25.2 Å². The van der Waals surface area contributed by atoms with E-state index < -0.39 is 13.6 Å². The number of fused-ring (bicyclic) bond motifs is 1. The Hall–Kier alpha value is -4.21. The molecule has 0 spiro atoms. The first-order chi connectivity index (χ1) is 20.4. The number of hydrogen-bond donors (Lipinski definition) is 1. The van der Waals surface area contributed by atoms with Crippen molar-refractivity contribution >= 4 is 19.0 Å². The van der Waals surface area contributed by atoms with E-state index in [9.17, 15) is 0 Å². The zero-order valence-corrected chi connectivity index (χ0v) is 25.6. The maximum Gasteiger partial charge on any atom is 0.129 e. The maximum absolute atomic E-state index is 6.00. The van der Waals surface area contributed by atoms with Gasteiger partial charge in [0.1, 0.15) is 26.1 Å². The van der Waals surface area contributed by atoms with Gasteiger partial charge in [0.15, 0.2) is 0 Å².